The quantitative estimate of drug-likeness (QED) is 0.106. The molecule has 4 aliphatic carbocycles. The predicted octanol–water partition coefficient (Wildman–Crippen LogP) is 25.7. The van der Waals surface area contributed by atoms with E-state index in [-0.39, 0.29) is 21.7 Å². The molecule has 0 aromatic heterocycles. The molecule has 0 unspecified atom stereocenters. The lowest BCUT2D eigenvalue weighted by Crippen LogP contribution is -2.29. The molecule has 0 aliphatic heterocycles. The zero-order chi connectivity index (χ0) is 73.7. The SMILES string of the molecule is CC1(C)c2ccccc2-c2ccc(-c3ccc4c(c3)C(C)(C)c3cc(I)ccc3-4)cc21.Cc1ccc(N(c2ccc(C)cc2)c2ccc(-c3ccc4c(c3)C(C)(C)c3cc(-c5ccc6c(c5)C(C)(C)c5ccccc5-6)ccc3-4)cc2)cc1.Cc1ccc(N(c2ccc(C)cc2)c2ccc(B(O)O)cc2)cc1. The van der Waals surface area contributed by atoms with Gasteiger partial charge in [-0.1, -0.05) is 266 Å². The lowest BCUT2D eigenvalue weighted by molar-refractivity contribution is 0.426. The van der Waals surface area contributed by atoms with Crippen molar-refractivity contribution in [2.75, 3.05) is 9.80 Å². The van der Waals surface area contributed by atoms with Crippen LogP contribution < -0.4 is 15.3 Å². The van der Waals surface area contributed by atoms with Crippen LogP contribution in [0.2, 0.25) is 0 Å². The maximum atomic E-state index is 9.29. The second-order valence-electron chi connectivity index (χ2n) is 31.6. The van der Waals surface area contributed by atoms with E-state index in [2.05, 4.69) is 395 Å². The fourth-order valence-electron chi connectivity index (χ4n) is 17.0. The van der Waals surface area contributed by atoms with Gasteiger partial charge < -0.3 is 19.8 Å². The van der Waals surface area contributed by atoms with Crippen LogP contribution >= 0.6 is 22.6 Å². The molecule has 0 saturated heterocycles. The summed E-state index contributed by atoms with van der Waals surface area (Å²) < 4.78 is 1.30. The Morgan fingerprint density at radius 1 is 0.236 bits per heavy atom. The third-order valence-corrected chi connectivity index (χ3v) is 23.9. The Balaban J connectivity index is 0.000000133. The number of hydrogen-bond acceptors (Lipinski definition) is 4. The van der Waals surface area contributed by atoms with Crippen LogP contribution in [0.3, 0.4) is 0 Å². The van der Waals surface area contributed by atoms with E-state index in [1.54, 1.807) is 12.1 Å². The van der Waals surface area contributed by atoms with Gasteiger partial charge >= 0.3 is 7.12 Å². The van der Waals surface area contributed by atoms with E-state index < -0.39 is 7.12 Å². The van der Waals surface area contributed by atoms with Crippen LogP contribution in [0.4, 0.5) is 34.1 Å². The van der Waals surface area contributed by atoms with Crippen molar-refractivity contribution in [3.63, 3.8) is 0 Å². The zero-order valence-corrected chi connectivity index (χ0v) is 64.8. The van der Waals surface area contributed by atoms with E-state index in [0.29, 0.717) is 5.46 Å². The first-order chi connectivity index (χ1) is 50.9. The van der Waals surface area contributed by atoms with Crippen LogP contribution in [0.15, 0.2) is 303 Å². The first-order valence-corrected chi connectivity index (χ1v) is 38.2. The molecule has 18 rings (SSSR count). The standard InChI is InChI=1S/C50H43N.C30H25I.C20H20BNO2/c1-32-11-20-38(21-12-32)51(39-22-13-33(2)14-23-39)40-24-15-34(16-25-40)35-17-26-43-44-28-19-37(31-48(44)50(5,6)47(43)29-35)36-18-27-42-41-9-7-8-10-45(41)49(3,4)46(42)30-36;1-29(2)25-8-6-5-7-21(25)22-12-9-18(15-26(22)29)19-10-13-23-24-14-11-20(31)17-28(24)30(3,4)27(23)16-19;1-15-3-9-18(10-4-15)22(19-11-5-16(2)6-12-19)20-13-7-17(8-14-20)21(23)24/h7-31H,1-6H3;5-17H,1-4H3;3-14,23-24H,1-2H3. The number of benzene rings is 14. The van der Waals surface area contributed by atoms with E-state index in [0.717, 1.165) is 34.1 Å². The summed E-state index contributed by atoms with van der Waals surface area (Å²) in [5.74, 6) is 0. The summed E-state index contributed by atoms with van der Waals surface area (Å²) in [7, 11) is -1.45. The van der Waals surface area contributed by atoms with Gasteiger partial charge in [0.25, 0.3) is 0 Å². The molecule has 14 aromatic carbocycles. The molecule has 520 valence electrons. The van der Waals surface area contributed by atoms with Gasteiger partial charge in [-0.15, -0.1) is 0 Å². The van der Waals surface area contributed by atoms with Gasteiger partial charge in [0.15, 0.2) is 0 Å². The van der Waals surface area contributed by atoms with Crippen molar-refractivity contribution in [2.45, 2.75) is 105 Å². The predicted molar refractivity (Wildman–Crippen MR) is 457 cm³/mol. The molecular weight excluding hydrogens is 1400 g/mol. The van der Waals surface area contributed by atoms with E-state index in [9.17, 15) is 10.0 Å². The number of halogens is 1. The van der Waals surface area contributed by atoms with Crippen molar-refractivity contribution in [3.05, 3.63) is 374 Å². The molecule has 4 aliphatic rings. The molecule has 2 N–H and O–H groups in total. The summed E-state index contributed by atoms with van der Waals surface area (Å²) >= 11 is 2.43. The molecule has 106 heavy (non-hydrogen) atoms. The minimum absolute atomic E-state index is 0.0115. The summed E-state index contributed by atoms with van der Waals surface area (Å²) in [5.41, 5.74) is 41.9. The van der Waals surface area contributed by atoms with E-state index in [1.165, 1.54) is 148 Å². The Morgan fingerprint density at radius 3 is 0.745 bits per heavy atom. The summed E-state index contributed by atoms with van der Waals surface area (Å²) in [4.78, 5) is 4.48. The van der Waals surface area contributed by atoms with Gasteiger partial charge in [-0.3, -0.25) is 0 Å². The zero-order valence-electron chi connectivity index (χ0n) is 62.6. The first kappa shape index (κ1) is 69.7. The Morgan fingerprint density at radius 2 is 0.453 bits per heavy atom. The van der Waals surface area contributed by atoms with Gasteiger partial charge in [-0.25, -0.2) is 0 Å². The maximum Gasteiger partial charge on any atom is 0.488 e. The van der Waals surface area contributed by atoms with Crippen molar-refractivity contribution < 1.29 is 10.0 Å². The smallest absolute Gasteiger partial charge is 0.423 e. The maximum absolute atomic E-state index is 9.29. The van der Waals surface area contributed by atoms with Crippen LogP contribution in [-0.4, -0.2) is 17.2 Å². The van der Waals surface area contributed by atoms with Crippen LogP contribution in [-0.2, 0) is 21.7 Å². The Bertz CT molecular complexity index is 5620. The second kappa shape index (κ2) is 27.1. The van der Waals surface area contributed by atoms with Crippen molar-refractivity contribution in [3.8, 4) is 77.9 Å². The van der Waals surface area contributed by atoms with Crippen molar-refractivity contribution in [1.82, 2.24) is 0 Å². The van der Waals surface area contributed by atoms with Crippen molar-refractivity contribution in [2.24, 2.45) is 0 Å². The van der Waals surface area contributed by atoms with Gasteiger partial charge in [-0.05, 0) is 293 Å². The lowest BCUT2D eigenvalue weighted by Gasteiger charge is -2.26. The lowest BCUT2D eigenvalue weighted by atomic mass is 9.80. The molecular formula is C100H88BIN2O2. The van der Waals surface area contributed by atoms with Crippen LogP contribution in [0, 0.1) is 31.3 Å². The largest absolute Gasteiger partial charge is 0.488 e. The second-order valence-corrected chi connectivity index (χ2v) is 32.9. The number of aryl methyl sites for hydroxylation is 4. The Kier molecular flexibility index (Phi) is 17.8. The van der Waals surface area contributed by atoms with Crippen molar-refractivity contribution >= 4 is 69.3 Å². The molecule has 0 spiro atoms. The number of anilines is 6. The van der Waals surface area contributed by atoms with Gasteiger partial charge in [-0.2, -0.15) is 0 Å². The highest BCUT2D eigenvalue weighted by Crippen LogP contribution is 2.55. The summed E-state index contributed by atoms with van der Waals surface area (Å²) in [6, 6.07) is 111. The molecule has 6 heteroatoms. The topological polar surface area (TPSA) is 46.9 Å². The Labute approximate surface area is 640 Å². The molecule has 0 radical (unpaired) electrons. The van der Waals surface area contributed by atoms with Crippen molar-refractivity contribution in [1.29, 1.82) is 0 Å². The average Bonchev–Trinajstić information content (AvgIpc) is 1.57. The summed E-state index contributed by atoms with van der Waals surface area (Å²) in [6.45, 7) is 27.3. The number of hydrogen-bond donors (Lipinski definition) is 2. The van der Waals surface area contributed by atoms with E-state index in [1.807, 2.05) is 12.1 Å². The number of fused-ring (bicyclic) bond motifs is 12. The van der Waals surface area contributed by atoms with Gasteiger partial charge in [0, 0.05) is 59.4 Å². The minimum Gasteiger partial charge on any atom is -0.423 e. The normalized spacial score (nSPS) is 14.1. The number of nitrogens with zero attached hydrogens (tertiary/aromatic N) is 2. The monoisotopic (exact) mass is 1490 g/mol. The van der Waals surface area contributed by atoms with E-state index in [4.69, 9.17) is 0 Å². The highest BCUT2D eigenvalue weighted by atomic mass is 127. The highest BCUT2D eigenvalue weighted by Gasteiger charge is 2.40. The minimum atomic E-state index is -1.45. The molecule has 0 fully saturated rings. The fourth-order valence-corrected chi connectivity index (χ4v) is 17.5. The van der Waals surface area contributed by atoms with Crippen LogP contribution in [0.1, 0.15) is 122 Å². The highest BCUT2D eigenvalue weighted by molar-refractivity contribution is 14.1. The molecule has 0 amide bonds. The molecule has 0 atom stereocenters. The molecule has 0 heterocycles. The molecule has 0 saturated carbocycles. The fraction of sp³-hybridized carbons (Fsp3) is 0.160. The Hall–Kier alpha value is -10.6. The summed E-state index contributed by atoms with van der Waals surface area (Å²) in [5, 5.41) is 18.6. The van der Waals surface area contributed by atoms with Gasteiger partial charge in [0.05, 0.1) is 0 Å². The van der Waals surface area contributed by atoms with Crippen LogP contribution in [0.5, 0.6) is 0 Å². The number of rotatable bonds is 10. The molecule has 14 aromatic rings. The first-order valence-electron chi connectivity index (χ1n) is 37.1. The summed E-state index contributed by atoms with van der Waals surface area (Å²) in [6.07, 6.45) is 0. The third kappa shape index (κ3) is 12.4. The van der Waals surface area contributed by atoms with Gasteiger partial charge in [0.1, 0.15) is 0 Å². The third-order valence-electron chi connectivity index (χ3n) is 23.2. The van der Waals surface area contributed by atoms with Crippen LogP contribution in [0.25, 0.3) is 77.9 Å². The van der Waals surface area contributed by atoms with E-state index >= 15 is 0 Å². The average molecular weight is 1490 g/mol. The molecule has 0 bridgehead atoms. The molecule has 4 nitrogen and oxygen atoms in total. The van der Waals surface area contributed by atoms with Gasteiger partial charge in [0.2, 0.25) is 0 Å².